The van der Waals surface area contributed by atoms with Gasteiger partial charge in [-0.2, -0.15) is 13.2 Å². The molecule has 2 amide bonds. The van der Waals surface area contributed by atoms with Gasteiger partial charge in [0.05, 0.1) is 32.0 Å². The number of alkyl halides is 3. The van der Waals surface area contributed by atoms with Crippen LogP contribution in [-0.2, 0) is 21.3 Å². The highest BCUT2D eigenvalue weighted by atomic mass is 19.4. The second-order valence-electron chi connectivity index (χ2n) is 9.65. The first-order chi connectivity index (χ1) is 17.7. The van der Waals surface area contributed by atoms with E-state index in [9.17, 15) is 23.1 Å². The van der Waals surface area contributed by atoms with Gasteiger partial charge in [-0.25, -0.2) is 4.79 Å². The number of rotatable bonds is 5. The van der Waals surface area contributed by atoms with Crippen LogP contribution in [0, 0.1) is 0 Å². The maximum absolute atomic E-state index is 13.0. The number of hydrogen-bond donors (Lipinski definition) is 2. The van der Waals surface area contributed by atoms with Crippen molar-refractivity contribution in [3.63, 3.8) is 0 Å². The Bertz CT molecular complexity index is 1090. The molecule has 0 saturated carbocycles. The third kappa shape index (κ3) is 5.94. The van der Waals surface area contributed by atoms with E-state index in [1.807, 2.05) is 12.1 Å². The molecule has 0 spiro atoms. The number of piperidine rings is 1. The number of morpholine rings is 1. The quantitative estimate of drug-likeness (QED) is 0.623. The van der Waals surface area contributed by atoms with E-state index in [1.54, 1.807) is 11.0 Å². The Morgan fingerprint density at radius 1 is 1.00 bits per heavy atom. The van der Waals surface area contributed by atoms with Crippen LogP contribution in [0.2, 0.25) is 0 Å². The van der Waals surface area contributed by atoms with Crippen LogP contribution >= 0.6 is 0 Å². The summed E-state index contributed by atoms with van der Waals surface area (Å²) in [5.41, 5.74) is 0.397. The Morgan fingerprint density at radius 3 is 2.27 bits per heavy atom. The largest absolute Gasteiger partial charge is 0.490 e. The Balaban J connectivity index is 1.20. The highest BCUT2D eigenvalue weighted by Crippen LogP contribution is 2.35. The average Bonchev–Trinajstić information content (AvgIpc) is 2.88. The van der Waals surface area contributed by atoms with Gasteiger partial charge in [0.1, 0.15) is 17.5 Å². The highest BCUT2D eigenvalue weighted by Gasteiger charge is 2.39. The molecule has 2 aromatic carbocycles. The Labute approximate surface area is 212 Å². The number of nitrogens with one attached hydrogen (secondary N) is 1. The topological polar surface area (TPSA) is 83.5 Å². The molecule has 8 nitrogen and oxygen atoms in total. The minimum atomic E-state index is -4.39. The lowest BCUT2D eigenvalue weighted by molar-refractivity contribution is -0.184. The van der Waals surface area contributed by atoms with Gasteiger partial charge in [0.2, 0.25) is 0 Å². The lowest BCUT2D eigenvalue weighted by atomic mass is 9.91. The first-order valence-electron chi connectivity index (χ1n) is 12.4. The van der Waals surface area contributed by atoms with Crippen LogP contribution in [0.3, 0.4) is 0 Å². The van der Waals surface area contributed by atoms with E-state index < -0.39 is 17.3 Å². The van der Waals surface area contributed by atoms with Crippen molar-refractivity contribution in [1.29, 1.82) is 0 Å². The van der Waals surface area contributed by atoms with Crippen LogP contribution in [0.15, 0.2) is 42.5 Å². The molecule has 11 heteroatoms. The van der Waals surface area contributed by atoms with Gasteiger partial charge in [0, 0.05) is 50.4 Å². The average molecular weight is 522 g/mol. The Morgan fingerprint density at radius 2 is 1.68 bits per heavy atom. The molecule has 3 aliphatic heterocycles. The molecular weight excluding hydrogens is 491 g/mol. The Hall–Kier alpha value is -3.02. The molecule has 0 atom stereocenters. The fourth-order valence-corrected chi connectivity index (χ4v) is 4.71. The zero-order valence-corrected chi connectivity index (χ0v) is 20.3. The third-order valence-electron chi connectivity index (χ3n) is 6.98. The number of benzene rings is 2. The molecule has 0 aromatic heterocycles. The number of urea groups is 1. The van der Waals surface area contributed by atoms with E-state index >= 15 is 0 Å². The van der Waals surface area contributed by atoms with E-state index in [1.165, 1.54) is 12.1 Å². The van der Waals surface area contributed by atoms with Crippen LogP contribution in [0.25, 0.3) is 0 Å². The van der Waals surface area contributed by atoms with E-state index in [0.717, 1.165) is 30.9 Å². The first kappa shape index (κ1) is 25.6. The molecule has 37 heavy (non-hydrogen) atoms. The zero-order chi connectivity index (χ0) is 26.0. The summed E-state index contributed by atoms with van der Waals surface area (Å²) in [7, 11) is 0. The monoisotopic (exact) mass is 521 g/mol. The van der Waals surface area contributed by atoms with Gasteiger partial charge in [-0.05, 0) is 48.0 Å². The number of halogens is 3. The highest BCUT2D eigenvalue weighted by molar-refractivity contribution is 5.90. The second-order valence-corrected chi connectivity index (χ2v) is 9.65. The molecule has 2 N–H and O–H groups in total. The zero-order valence-electron chi connectivity index (χ0n) is 20.3. The Kier molecular flexibility index (Phi) is 7.19. The number of nitrogens with zero attached hydrogens (tertiary/aromatic N) is 2. The van der Waals surface area contributed by atoms with Crippen molar-refractivity contribution in [1.82, 2.24) is 4.90 Å². The molecule has 0 bridgehead atoms. The lowest BCUT2D eigenvalue weighted by Crippen LogP contribution is -2.47. The SMILES string of the molecule is O=C(Nc1cc(N2CCOCC2)cc(C2(O)COC2)c1)N1CCC(Oc2ccc(C(F)(F)F)cc2)CC1. The predicted octanol–water partition coefficient (Wildman–Crippen LogP) is 3.84. The third-order valence-corrected chi connectivity index (χ3v) is 6.98. The fraction of sp³-hybridized carbons (Fsp3) is 0.500. The standard InChI is InChI=1S/C26H30F3N3O5/c27-26(28,29)18-1-3-22(4-2-18)37-23-5-7-32(8-6-23)24(33)30-20-13-19(25(34)16-36-17-25)14-21(15-20)31-9-11-35-12-10-31/h1-4,13-15,23,34H,5-12,16-17H2,(H,30,33). The molecule has 0 aliphatic carbocycles. The van der Waals surface area contributed by atoms with E-state index in [-0.39, 0.29) is 25.3 Å². The van der Waals surface area contributed by atoms with E-state index in [2.05, 4.69) is 10.2 Å². The smallest absolute Gasteiger partial charge is 0.416 e. The number of hydrogen-bond acceptors (Lipinski definition) is 6. The van der Waals surface area contributed by atoms with E-state index in [4.69, 9.17) is 14.2 Å². The second kappa shape index (κ2) is 10.4. The van der Waals surface area contributed by atoms with Gasteiger partial charge in [-0.15, -0.1) is 0 Å². The van der Waals surface area contributed by atoms with Crippen molar-refractivity contribution in [2.24, 2.45) is 0 Å². The number of carbonyl (C=O) groups is 1. The maximum atomic E-state index is 13.0. The van der Waals surface area contributed by atoms with Crippen molar-refractivity contribution in [3.8, 4) is 5.75 Å². The summed E-state index contributed by atoms with van der Waals surface area (Å²) in [4.78, 5) is 16.9. The van der Waals surface area contributed by atoms with Crippen molar-refractivity contribution < 1.29 is 37.3 Å². The maximum Gasteiger partial charge on any atom is 0.416 e. The summed E-state index contributed by atoms with van der Waals surface area (Å²) in [6, 6.07) is 10.0. The van der Waals surface area contributed by atoms with Gasteiger partial charge in [0.15, 0.2) is 0 Å². The minimum Gasteiger partial charge on any atom is -0.490 e. The molecule has 3 aliphatic rings. The summed E-state index contributed by atoms with van der Waals surface area (Å²) in [5, 5.41) is 13.8. The van der Waals surface area contributed by atoms with Crippen molar-refractivity contribution in [2.45, 2.75) is 30.7 Å². The molecule has 5 rings (SSSR count). The number of ether oxygens (including phenoxy) is 3. The van der Waals surface area contributed by atoms with Gasteiger partial charge >= 0.3 is 12.2 Å². The fourth-order valence-electron chi connectivity index (χ4n) is 4.71. The van der Waals surface area contributed by atoms with Gasteiger partial charge in [0.25, 0.3) is 0 Å². The van der Waals surface area contributed by atoms with Crippen molar-refractivity contribution in [2.75, 3.05) is 62.8 Å². The van der Waals surface area contributed by atoms with Gasteiger partial charge in [-0.1, -0.05) is 0 Å². The van der Waals surface area contributed by atoms with Crippen LogP contribution < -0.4 is 15.0 Å². The predicted molar refractivity (Wildman–Crippen MR) is 130 cm³/mol. The minimum absolute atomic E-state index is 0.190. The van der Waals surface area contributed by atoms with Gasteiger partial charge in [-0.3, -0.25) is 0 Å². The number of amides is 2. The molecule has 200 valence electrons. The summed E-state index contributed by atoms with van der Waals surface area (Å²) < 4.78 is 54.8. The molecule has 3 fully saturated rings. The molecule has 0 radical (unpaired) electrons. The summed E-state index contributed by atoms with van der Waals surface area (Å²) in [5.74, 6) is 0.376. The summed E-state index contributed by atoms with van der Waals surface area (Å²) in [6.45, 7) is 3.98. The van der Waals surface area contributed by atoms with Crippen molar-refractivity contribution >= 4 is 17.4 Å². The molecular formula is C26H30F3N3O5. The normalized spacial score (nSPS) is 20.3. The number of likely N-dealkylation sites (tertiary alicyclic amines) is 1. The van der Waals surface area contributed by atoms with Crippen LogP contribution in [0.5, 0.6) is 5.75 Å². The van der Waals surface area contributed by atoms with Crippen LogP contribution in [-0.4, -0.2) is 74.7 Å². The molecule has 2 aromatic rings. The number of anilines is 2. The summed E-state index contributed by atoms with van der Waals surface area (Å²) >= 11 is 0. The van der Waals surface area contributed by atoms with Gasteiger partial charge < -0.3 is 34.4 Å². The molecule has 3 saturated heterocycles. The summed E-state index contributed by atoms with van der Waals surface area (Å²) in [6.07, 6.45) is -3.46. The van der Waals surface area contributed by atoms with Crippen molar-refractivity contribution in [3.05, 3.63) is 53.6 Å². The molecule has 3 heterocycles. The first-order valence-corrected chi connectivity index (χ1v) is 12.4. The number of carbonyl (C=O) groups excluding carboxylic acids is 1. The number of aliphatic hydroxyl groups is 1. The van der Waals surface area contributed by atoms with E-state index in [0.29, 0.717) is 56.1 Å². The lowest BCUT2D eigenvalue weighted by Gasteiger charge is -2.38. The molecule has 0 unspecified atom stereocenters. The van der Waals surface area contributed by atoms with Crippen LogP contribution in [0.1, 0.15) is 24.0 Å². The van der Waals surface area contributed by atoms with Crippen LogP contribution in [0.4, 0.5) is 29.3 Å².